The molecule has 164 valence electrons. The van der Waals surface area contributed by atoms with Crippen molar-refractivity contribution >= 4 is 11.9 Å². The Labute approximate surface area is 181 Å². The van der Waals surface area contributed by atoms with Gasteiger partial charge < -0.3 is 15.1 Å². The third-order valence-corrected chi connectivity index (χ3v) is 6.87. The molecule has 6 nitrogen and oxygen atoms in total. The van der Waals surface area contributed by atoms with Gasteiger partial charge in [-0.25, -0.2) is 0 Å². The summed E-state index contributed by atoms with van der Waals surface area (Å²) in [6, 6.07) is 10.8. The summed E-state index contributed by atoms with van der Waals surface area (Å²) in [4.78, 5) is 23.9. The summed E-state index contributed by atoms with van der Waals surface area (Å²) in [5.74, 6) is 2.72. The monoisotopic (exact) mass is 411 g/mol. The smallest absolute Gasteiger partial charge is 0.236 e. The average molecular weight is 412 g/mol. The van der Waals surface area contributed by atoms with Crippen LogP contribution in [0.5, 0.6) is 0 Å². The number of carbonyl (C=O) groups excluding carboxylic acids is 1. The summed E-state index contributed by atoms with van der Waals surface area (Å²) < 4.78 is 0. The second-order valence-electron chi connectivity index (χ2n) is 9.00. The van der Waals surface area contributed by atoms with E-state index in [1.165, 1.54) is 24.8 Å². The van der Waals surface area contributed by atoms with Crippen LogP contribution in [0.25, 0.3) is 0 Å². The van der Waals surface area contributed by atoms with Gasteiger partial charge in [-0.2, -0.15) is 0 Å². The largest absolute Gasteiger partial charge is 0.356 e. The molecule has 2 unspecified atom stereocenters. The lowest BCUT2D eigenvalue weighted by Gasteiger charge is -2.37. The van der Waals surface area contributed by atoms with Crippen molar-refractivity contribution < 1.29 is 4.79 Å². The maximum atomic E-state index is 12.7. The molecule has 1 N–H and O–H groups in total. The highest BCUT2D eigenvalue weighted by atomic mass is 16.2. The van der Waals surface area contributed by atoms with Crippen LogP contribution in [0.1, 0.15) is 43.6 Å². The lowest BCUT2D eigenvalue weighted by molar-refractivity contribution is -0.132. The maximum absolute atomic E-state index is 12.7. The number of amides is 1. The number of nitrogens with one attached hydrogen (secondary N) is 1. The molecule has 1 aromatic rings. The molecule has 30 heavy (non-hydrogen) atoms. The zero-order valence-corrected chi connectivity index (χ0v) is 18.4. The molecule has 2 atom stereocenters. The number of nitrogens with zero attached hydrogens (tertiary/aromatic N) is 4. The van der Waals surface area contributed by atoms with Gasteiger partial charge in [0.25, 0.3) is 0 Å². The minimum atomic E-state index is 0.313. The molecule has 6 heteroatoms. The first-order chi connectivity index (χ1) is 14.7. The van der Waals surface area contributed by atoms with Crippen LogP contribution < -0.4 is 5.32 Å². The van der Waals surface area contributed by atoms with Gasteiger partial charge in [0.05, 0.1) is 6.54 Å². The lowest BCUT2D eigenvalue weighted by atomic mass is 10.1. The van der Waals surface area contributed by atoms with E-state index < -0.39 is 0 Å². The maximum Gasteiger partial charge on any atom is 0.236 e. The van der Waals surface area contributed by atoms with Gasteiger partial charge in [-0.3, -0.25) is 14.7 Å². The van der Waals surface area contributed by atoms with Gasteiger partial charge in [0, 0.05) is 52.9 Å². The molecular weight excluding hydrogens is 374 g/mol. The molecule has 3 aliphatic rings. The van der Waals surface area contributed by atoms with E-state index >= 15 is 0 Å². The third-order valence-electron chi connectivity index (χ3n) is 6.87. The fourth-order valence-electron chi connectivity index (χ4n) is 4.87. The number of benzene rings is 1. The summed E-state index contributed by atoms with van der Waals surface area (Å²) >= 11 is 0. The fraction of sp³-hybridized carbons (Fsp3) is 0.667. The molecule has 0 spiro atoms. The molecule has 2 saturated heterocycles. The van der Waals surface area contributed by atoms with Crippen molar-refractivity contribution in [2.24, 2.45) is 10.9 Å². The molecule has 2 aliphatic heterocycles. The molecule has 1 aliphatic carbocycles. The van der Waals surface area contributed by atoms with Gasteiger partial charge in [0.2, 0.25) is 5.91 Å². The number of carbonyl (C=O) groups is 1. The molecule has 4 rings (SSSR count). The minimum Gasteiger partial charge on any atom is -0.356 e. The topological polar surface area (TPSA) is 51.2 Å². The second-order valence-corrected chi connectivity index (χ2v) is 9.00. The number of likely N-dealkylation sites (tertiary alicyclic amines) is 1. The summed E-state index contributed by atoms with van der Waals surface area (Å²) in [5.41, 5.74) is 1.46. The molecular formula is C24H37N5O. The van der Waals surface area contributed by atoms with Crippen LogP contribution in [0.15, 0.2) is 35.3 Å². The highest BCUT2D eigenvalue weighted by Gasteiger charge is 2.38. The number of aliphatic imine (C=N–C) groups is 1. The van der Waals surface area contributed by atoms with E-state index in [-0.39, 0.29) is 0 Å². The van der Waals surface area contributed by atoms with E-state index in [2.05, 4.69) is 55.3 Å². The zero-order chi connectivity index (χ0) is 20.8. The van der Waals surface area contributed by atoms with Crippen LogP contribution in [0, 0.1) is 5.92 Å². The van der Waals surface area contributed by atoms with E-state index in [1.807, 2.05) is 7.05 Å². The van der Waals surface area contributed by atoms with Gasteiger partial charge in [0.1, 0.15) is 0 Å². The molecule has 3 fully saturated rings. The van der Waals surface area contributed by atoms with Crippen LogP contribution in [0.3, 0.4) is 0 Å². The first-order valence-electron chi connectivity index (χ1n) is 11.8. The minimum absolute atomic E-state index is 0.313. The van der Waals surface area contributed by atoms with Crippen molar-refractivity contribution in [3.8, 4) is 0 Å². The van der Waals surface area contributed by atoms with Crippen molar-refractivity contribution in [3.05, 3.63) is 35.9 Å². The van der Waals surface area contributed by atoms with Gasteiger partial charge in [-0.05, 0) is 36.7 Å². The molecule has 0 aromatic heterocycles. The SMILES string of the molecule is CN=C(NCC1CC1c1ccccc1)N1CCN(CC(=O)N2CCCCCC2)CC1. The number of rotatable bonds is 5. The van der Waals surface area contributed by atoms with Crippen molar-refractivity contribution in [2.75, 3.05) is 59.4 Å². The summed E-state index contributed by atoms with van der Waals surface area (Å²) in [7, 11) is 1.87. The Morgan fingerprint density at radius 3 is 2.33 bits per heavy atom. The first-order valence-corrected chi connectivity index (χ1v) is 11.8. The molecule has 1 amide bonds. The molecule has 0 bridgehead atoms. The van der Waals surface area contributed by atoms with E-state index in [9.17, 15) is 4.79 Å². The second kappa shape index (κ2) is 10.3. The van der Waals surface area contributed by atoms with Crippen molar-refractivity contribution in [1.82, 2.24) is 20.0 Å². The molecule has 1 aromatic carbocycles. The molecule has 0 radical (unpaired) electrons. The predicted octanol–water partition coefficient (Wildman–Crippen LogP) is 2.39. The van der Waals surface area contributed by atoms with Crippen LogP contribution in [0.4, 0.5) is 0 Å². The van der Waals surface area contributed by atoms with E-state index in [0.29, 0.717) is 24.3 Å². The summed E-state index contributed by atoms with van der Waals surface area (Å²) in [5, 5.41) is 3.60. The Kier molecular flexibility index (Phi) is 7.26. The van der Waals surface area contributed by atoms with Gasteiger partial charge in [-0.15, -0.1) is 0 Å². The van der Waals surface area contributed by atoms with Crippen LogP contribution in [0.2, 0.25) is 0 Å². The van der Waals surface area contributed by atoms with Crippen LogP contribution in [-0.4, -0.2) is 86.0 Å². The summed E-state index contributed by atoms with van der Waals surface area (Å²) in [6.07, 6.45) is 6.12. The number of piperazine rings is 1. The predicted molar refractivity (Wildman–Crippen MR) is 122 cm³/mol. The van der Waals surface area contributed by atoms with E-state index in [4.69, 9.17) is 0 Å². The van der Waals surface area contributed by atoms with Gasteiger partial charge in [-0.1, -0.05) is 43.2 Å². The third kappa shape index (κ3) is 5.54. The fourth-order valence-corrected chi connectivity index (χ4v) is 4.87. The highest BCUT2D eigenvalue weighted by molar-refractivity contribution is 5.80. The highest BCUT2D eigenvalue weighted by Crippen LogP contribution is 2.46. The Morgan fingerprint density at radius 2 is 1.67 bits per heavy atom. The molecule has 1 saturated carbocycles. The summed E-state index contributed by atoms with van der Waals surface area (Å²) in [6.45, 7) is 7.16. The number of hydrogen-bond donors (Lipinski definition) is 1. The Hall–Kier alpha value is -2.08. The Balaban J connectivity index is 1.18. The first kappa shape index (κ1) is 21.2. The van der Waals surface area contributed by atoms with Crippen LogP contribution >= 0.6 is 0 Å². The Morgan fingerprint density at radius 1 is 0.967 bits per heavy atom. The lowest BCUT2D eigenvalue weighted by Crippen LogP contribution is -2.54. The quantitative estimate of drug-likeness (QED) is 0.597. The van der Waals surface area contributed by atoms with E-state index in [1.54, 1.807) is 0 Å². The zero-order valence-electron chi connectivity index (χ0n) is 18.4. The standard InChI is InChI=1S/C24H37N5O/c1-25-24(26-18-21-17-22(21)20-9-5-4-6-10-20)29-15-13-27(14-16-29)19-23(30)28-11-7-2-3-8-12-28/h4-6,9-10,21-22H,2-3,7-8,11-19H2,1H3,(H,25,26). The number of guanidine groups is 1. The Bertz CT molecular complexity index is 706. The average Bonchev–Trinajstić information content (AvgIpc) is 3.59. The van der Waals surface area contributed by atoms with Crippen molar-refractivity contribution in [2.45, 2.75) is 38.0 Å². The van der Waals surface area contributed by atoms with Crippen molar-refractivity contribution in [3.63, 3.8) is 0 Å². The number of hydrogen-bond acceptors (Lipinski definition) is 3. The van der Waals surface area contributed by atoms with Gasteiger partial charge in [0.15, 0.2) is 5.96 Å². The normalized spacial score (nSPS) is 25.7. The van der Waals surface area contributed by atoms with E-state index in [0.717, 1.165) is 64.6 Å². The van der Waals surface area contributed by atoms with Crippen molar-refractivity contribution in [1.29, 1.82) is 0 Å². The van der Waals surface area contributed by atoms with Crippen LogP contribution in [-0.2, 0) is 4.79 Å². The van der Waals surface area contributed by atoms with Gasteiger partial charge >= 0.3 is 0 Å². The molecule has 2 heterocycles.